The van der Waals surface area contributed by atoms with Gasteiger partial charge >= 0.3 is 0 Å². The van der Waals surface area contributed by atoms with Crippen molar-refractivity contribution < 1.29 is 9.59 Å². The van der Waals surface area contributed by atoms with Gasteiger partial charge in [0.1, 0.15) is 0 Å². The summed E-state index contributed by atoms with van der Waals surface area (Å²) in [5.41, 5.74) is 1.26. The van der Waals surface area contributed by atoms with E-state index in [1.54, 1.807) is 24.3 Å². The van der Waals surface area contributed by atoms with Gasteiger partial charge in [-0.2, -0.15) is 0 Å². The summed E-state index contributed by atoms with van der Waals surface area (Å²) in [7, 11) is 0. The van der Waals surface area contributed by atoms with Gasteiger partial charge in [0, 0.05) is 24.0 Å². The van der Waals surface area contributed by atoms with Gasteiger partial charge in [0.25, 0.3) is 0 Å². The molecule has 0 fully saturated rings. The van der Waals surface area contributed by atoms with Crippen molar-refractivity contribution in [3.05, 3.63) is 35.4 Å². The van der Waals surface area contributed by atoms with Gasteiger partial charge in [-0.1, -0.05) is 32.0 Å². The van der Waals surface area contributed by atoms with Gasteiger partial charge in [0.2, 0.25) is 0 Å². The number of Topliss-reactive ketones (excluding diaryl/α,β-unsaturated/α-hetero) is 2. The molecule has 0 heterocycles. The molecule has 0 atom stereocenters. The SMILES string of the molecule is CCC(=O)c1cccc(C(=O)CC)c1. The first-order valence-electron chi connectivity index (χ1n) is 4.85. The maximum Gasteiger partial charge on any atom is 0.162 e. The molecule has 0 saturated carbocycles. The zero-order valence-electron chi connectivity index (χ0n) is 8.54. The predicted octanol–water partition coefficient (Wildman–Crippen LogP) is 2.87. The summed E-state index contributed by atoms with van der Waals surface area (Å²) in [4.78, 5) is 22.7. The van der Waals surface area contributed by atoms with E-state index >= 15 is 0 Å². The van der Waals surface area contributed by atoms with Gasteiger partial charge in [-0.25, -0.2) is 0 Å². The van der Waals surface area contributed by atoms with E-state index in [0.717, 1.165) is 0 Å². The number of carbonyl (C=O) groups excluding carboxylic acids is 2. The number of carbonyl (C=O) groups is 2. The van der Waals surface area contributed by atoms with Crippen LogP contribution in [0.2, 0.25) is 0 Å². The van der Waals surface area contributed by atoms with Crippen LogP contribution < -0.4 is 0 Å². The normalized spacial score (nSPS) is 9.86. The topological polar surface area (TPSA) is 34.1 Å². The second-order valence-corrected chi connectivity index (χ2v) is 3.13. The Morgan fingerprint density at radius 2 is 1.43 bits per heavy atom. The van der Waals surface area contributed by atoms with Gasteiger partial charge in [0.05, 0.1) is 0 Å². The maximum absolute atomic E-state index is 11.4. The molecule has 0 radical (unpaired) electrons. The van der Waals surface area contributed by atoms with E-state index in [0.29, 0.717) is 24.0 Å². The van der Waals surface area contributed by atoms with Gasteiger partial charge in [0.15, 0.2) is 11.6 Å². The third-order valence-corrected chi connectivity index (χ3v) is 2.15. The van der Waals surface area contributed by atoms with Gasteiger partial charge in [-0.05, 0) is 6.07 Å². The fourth-order valence-corrected chi connectivity index (χ4v) is 1.27. The number of hydrogen-bond acceptors (Lipinski definition) is 2. The van der Waals surface area contributed by atoms with Crippen molar-refractivity contribution in [3.63, 3.8) is 0 Å². The zero-order valence-corrected chi connectivity index (χ0v) is 8.54. The molecule has 1 rings (SSSR count). The molecule has 0 N–H and O–H groups in total. The zero-order chi connectivity index (χ0) is 10.6. The van der Waals surface area contributed by atoms with Crippen LogP contribution in [0.5, 0.6) is 0 Å². The number of ketones is 2. The highest BCUT2D eigenvalue weighted by atomic mass is 16.1. The molecule has 0 saturated heterocycles. The second kappa shape index (κ2) is 4.70. The predicted molar refractivity (Wildman–Crippen MR) is 55.7 cm³/mol. The number of hydrogen-bond donors (Lipinski definition) is 0. The minimum atomic E-state index is 0.0794. The fraction of sp³-hybridized carbons (Fsp3) is 0.333. The minimum Gasteiger partial charge on any atom is -0.294 e. The van der Waals surface area contributed by atoms with Crippen molar-refractivity contribution in [2.45, 2.75) is 26.7 Å². The van der Waals surface area contributed by atoms with Crippen molar-refractivity contribution in [3.8, 4) is 0 Å². The van der Waals surface area contributed by atoms with Crippen LogP contribution in [0.1, 0.15) is 47.4 Å². The highest BCUT2D eigenvalue weighted by Crippen LogP contribution is 2.09. The molecule has 2 heteroatoms. The average Bonchev–Trinajstić information content (AvgIpc) is 2.27. The highest BCUT2D eigenvalue weighted by molar-refractivity contribution is 6.01. The molecule has 0 aromatic heterocycles. The molecule has 1 aromatic rings. The summed E-state index contributed by atoms with van der Waals surface area (Å²) in [5.74, 6) is 0.159. The Balaban J connectivity index is 3.01. The Morgan fingerprint density at radius 3 is 1.79 bits per heavy atom. The first-order chi connectivity index (χ1) is 6.69. The van der Waals surface area contributed by atoms with E-state index in [-0.39, 0.29) is 11.6 Å². The number of rotatable bonds is 4. The standard InChI is InChI=1S/C12H14O2/c1-3-11(13)9-6-5-7-10(8-9)12(14)4-2/h5-8H,3-4H2,1-2H3. The average molecular weight is 190 g/mol. The lowest BCUT2D eigenvalue weighted by Gasteiger charge is -2.01. The Morgan fingerprint density at radius 1 is 1.00 bits per heavy atom. The summed E-state index contributed by atoms with van der Waals surface area (Å²) in [5, 5.41) is 0. The van der Waals surface area contributed by atoms with Crippen LogP contribution in [-0.4, -0.2) is 11.6 Å². The van der Waals surface area contributed by atoms with Crippen LogP contribution in [0, 0.1) is 0 Å². The van der Waals surface area contributed by atoms with Crippen LogP contribution in [0.25, 0.3) is 0 Å². The maximum atomic E-state index is 11.4. The van der Waals surface area contributed by atoms with E-state index in [4.69, 9.17) is 0 Å². The van der Waals surface area contributed by atoms with Crippen molar-refractivity contribution in [1.82, 2.24) is 0 Å². The minimum absolute atomic E-state index is 0.0794. The fourth-order valence-electron chi connectivity index (χ4n) is 1.27. The molecule has 74 valence electrons. The Hall–Kier alpha value is -1.44. The van der Waals surface area contributed by atoms with Crippen LogP contribution >= 0.6 is 0 Å². The van der Waals surface area contributed by atoms with Crippen LogP contribution in [-0.2, 0) is 0 Å². The Kier molecular flexibility index (Phi) is 3.57. The molecule has 2 nitrogen and oxygen atoms in total. The Bertz CT molecular complexity index is 322. The summed E-state index contributed by atoms with van der Waals surface area (Å²) < 4.78 is 0. The molecule has 14 heavy (non-hydrogen) atoms. The molecular weight excluding hydrogens is 176 g/mol. The van der Waals surface area contributed by atoms with Crippen molar-refractivity contribution in [2.75, 3.05) is 0 Å². The third kappa shape index (κ3) is 2.28. The largest absolute Gasteiger partial charge is 0.294 e. The van der Waals surface area contributed by atoms with E-state index in [1.165, 1.54) is 0 Å². The van der Waals surface area contributed by atoms with Crippen molar-refractivity contribution in [1.29, 1.82) is 0 Å². The Labute approximate surface area is 83.9 Å². The van der Waals surface area contributed by atoms with E-state index < -0.39 is 0 Å². The van der Waals surface area contributed by atoms with E-state index in [9.17, 15) is 9.59 Å². The molecular formula is C12H14O2. The van der Waals surface area contributed by atoms with Crippen LogP contribution in [0.15, 0.2) is 24.3 Å². The molecule has 0 aliphatic heterocycles. The smallest absolute Gasteiger partial charge is 0.162 e. The summed E-state index contributed by atoms with van der Waals surface area (Å²) in [6.07, 6.45) is 0.952. The molecule has 1 aromatic carbocycles. The van der Waals surface area contributed by atoms with Gasteiger partial charge in [-0.3, -0.25) is 9.59 Å². The lowest BCUT2D eigenvalue weighted by molar-refractivity contribution is 0.0987. The molecule has 0 bridgehead atoms. The molecule has 0 aliphatic rings. The third-order valence-electron chi connectivity index (χ3n) is 2.15. The molecule has 0 amide bonds. The molecule has 0 unspecified atom stereocenters. The monoisotopic (exact) mass is 190 g/mol. The van der Waals surface area contributed by atoms with Crippen LogP contribution in [0.4, 0.5) is 0 Å². The summed E-state index contributed by atoms with van der Waals surface area (Å²) in [6.45, 7) is 3.63. The highest BCUT2D eigenvalue weighted by Gasteiger charge is 2.07. The first kappa shape index (κ1) is 10.6. The van der Waals surface area contributed by atoms with Crippen LogP contribution in [0.3, 0.4) is 0 Å². The summed E-state index contributed by atoms with van der Waals surface area (Å²) in [6, 6.07) is 6.93. The van der Waals surface area contributed by atoms with E-state index in [1.807, 2.05) is 13.8 Å². The number of benzene rings is 1. The van der Waals surface area contributed by atoms with E-state index in [2.05, 4.69) is 0 Å². The summed E-state index contributed by atoms with van der Waals surface area (Å²) >= 11 is 0. The van der Waals surface area contributed by atoms with Gasteiger partial charge < -0.3 is 0 Å². The second-order valence-electron chi connectivity index (χ2n) is 3.13. The lowest BCUT2D eigenvalue weighted by Crippen LogP contribution is -2.01. The molecule has 0 aliphatic carbocycles. The lowest BCUT2D eigenvalue weighted by atomic mass is 10.0. The molecule has 0 spiro atoms. The quantitative estimate of drug-likeness (QED) is 0.684. The van der Waals surface area contributed by atoms with Crippen molar-refractivity contribution >= 4 is 11.6 Å². The first-order valence-corrected chi connectivity index (χ1v) is 4.85. The van der Waals surface area contributed by atoms with Crippen molar-refractivity contribution in [2.24, 2.45) is 0 Å². The van der Waals surface area contributed by atoms with Gasteiger partial charge in [-0.15, -0.1) is 0 Å².